The van der Waals surface area contributed by atoms with E-state index in [-0.39, 0.29) is 0 Å². The number of carbonyl (C=O) groups is 1. The van der Waals surface area contributed by atoms with E-state index in [1.165, 1.54) is 18.2 Å². The second-order valence-corrected chi connectivity index (χ2v) is 8.48. The number of benzene rings is 2. The van der Waals surface area contributed by atoms with Crippen molar-refractivity contribution in [1.29, 1.82) is 0 Å². The first kappa shape index (κ1) is 26.6. The zero-order valence-corrected chi connectivity index (χ0v) is 21.1. The van der Waals surface area contributed by atoms with Crippen molar-refractivity contribution in [2.45, 2.75) is 39.2 Å². The Morgan fingerprint density at radius 1 is 1.08 bits per heavy atom. The summed E-state index contributed by atoms with van der Waals surface area (Å²) in [6.45, 7) is 7.55. The minimum atomic E-state index is -0.423. The topological polar surface area (TPSA) is 85.6 Å². The molecular weight excluding hydrogens is 454 g/mol. The lowest BCUT2D eigenvalue weighted by Gasteiger charge is -2.10. The molecule has 1 aromatic heterocycles. The van der Waals surface area contributed by atoms with Crippen LogP contribution < -0.4 is 15.4 Å². The van der Waals surface area contributed by atoms with Crippen LogP contribution in [0.25, 0.3) is 12.2 Å². The van der Waals surface area contributed by atoms with Crippen LogP contribution >= 0.6 is 0 Å². The Labute approximate surface area is 213 Å². The molecule has 0 saturated carbocycles. The molecule has 3 rings (SSSR count). The van der Waals surface area contributed by atoms with Gasteiger partial charge in [-0.3, -0.25) is 0 Å². The molecule has 0 saturated heterocycles. The Kier molecular flexibility index (Phi) is 10.6. The van der Waals surface area contributed by atoms with Crippen molar-refractivity contribution in [3.05, 3.63) is 95.3 Å². The van der Waals surface area contributed by atoms with Crippen molar-refractivity contribution in [2.75, 3.05) is 20.2 Å². The lowest BCUT2D eigenvalue weighted by atomic mass is 10.1. The van der Waals surface area contributed by atoms with Gasteiger partial charge in [-0.05, 0) is 55.5 Å². The number of ether oxygens (including phenoxy) is 2. The van der Waals surface area contributed by atoms with E-state index >= 15 is 0 Å². The van der Waals surface area contributed by atoms with E-state index in [4.69, 9.17) is 13.9 Å². The van der Waals surface area contributed by atoms with Crippen LogP contribution in [0.4, 0.5) is 4.79 Å². The molecule has 0 aliphatic rings. The summed E-state index contributed by atoms with van der Waals surface area (Å²) < 4.78 is 16.3. The molecular formula is C29H35N3O4. The number of hydrogen-bond acceptors (Lipinski definition) is 6. The summed E-state index contributed by atoms with van der Waals surface area (Å²) in [7, 11) is 1.54. The van der Waals surface area contributed by atoms with E-state index in [0.717, 1.165) is 48.5 Å². The van der Waals surface area contributed by atoms with E-state index in [2.05, 4.69) is 65.5 Å². The summed E-state index contributed by atoms with van der Waals surface area (Å²) in [6.07, 6.45) is 8.73. The Bertz CT molecular complexity index is 1120. The van der Waals surface area contributed by atoms with Crippen molar-refractivity contribution < 1.29 is 18.7 Å². The average Bonchev–Trinajstić information content (AvgIpc) is 3.35. The molecule has 0 atom stereocenters. The quantitative estimate of drug-likeness (QED) is 0.274. The largest absolute Gasteiger partial charge is 0.487 e. The van der Waals surface area contributed by atoms with Gasteiger partial charge >= 0.3 is 6.09 Å². The maximum Gasteiger partial charge on any atom is 0.406 e. The normalized spacial score (nSPS) is 10.8. The summed E-state index contributed by atoms with van der Waals surface area (Å²) in [5.74, 6) is 1.36. The first-order chi connectivity index (χ1) is 17.5. The van der Waals surface area contributed by atoms with Crippen LogP contribution in [0, 0.1) is 6.92 Å². The molecule has 0 aliphatic carbocycles. The minimum absolute atomic E-state index is 0.322. The van der Waals surface area contributed by atoms with Gasteiger partial charge in [-0.1, -0.05) is 48.5 Å². The maximum absolute atomic E-state index is 11.0. The van der Waals surface area contributed by atoms with E-state index in [1.54, 1.807) is 6.26 Å². The van der Waals surface area contributed by atoms with Crippen molar-refractivity contribution in [3.8, 4) is 5.75 Å². The van der Waals surface area contributed by atoms with Gasteiger partial charge in [0.05, 0.1) is 6.61 Å². The summed E-state index contributed by atoms with van der Waals surface area (Å²) >= 11 is 0. The number of aromatic nitrogens is 1. The van der Waals surface area contributed by atoms with Crippen LogP contribution in [-0.4, -0.2) is 31.3 Å². The summed E-state index contributed by atoms with van der Waals surface area (Å²) in [5, 5.41) is 5.69. The third-order valence-electron chi connectivity index (χ3n) is 5.48. The molecule has 1 heterocycles. The average molecular weight is 490 g/mol. The predicted molar refractivity (Wildman–Crippen MR) is 142 cm³/mol. The number of oxazole rings is 1. The number of carbonyl (C=O) groups excluding carboxylic acids is 1. The molecule has 0 fully saturated rings. The number of unbranched alkanes of at least 4 members (excludes halogenated alkanes) is 1. The number of alkyl carbamates (subject to hydrolysis) is 1. The molecule has 2 aromatic carbocycles. The molecule has 0 unspecified atom stereocenters. The van der Waals surface area contributed by atoms with Crippen LogP contribution in [0.15, 0.2) is 71.5 Å². The standard InChI is InChI=1S/C29H35N3O4/c1-22-7-9-25(10-8-22)13-16-28-32-26(21-36-28)20-35-27-14-11-24(12-15-27)6-4-5-18-31-23(2)17-19-34-29(33)30-3/h7-16,21,31H,2,4-6,17-20H2,1,3H3,(H,30,33)/b16-13+. The molecule has 7 nitrogen and oxygen atoms in total. The molecule has 7 heteroatoms. The van der Waals surface area contributed by atoms with Crippen LogP contribution in [-0.2, 0) is 17.8 Å². The first-order valence-corrected chi connectivity index (χ1v) is 12.2. The third kappa shape index (κ3) is 9.70. The Morgan fingerprint density at radius 2 is 1.86 bits per heavy atom. The van der Waals surface area contributed by atoms with E-state index in [9.17, 15) is 4.79 Å². The van der Waals surface area contributed by atoms with E-state index in [1.807, 2.05) is 24.3 Å². The lowest BCUT2D eigenvalue weighted by molar-refractivity contribution is 0.149. The highest BCUT2D eigenvalue weighted by Crippen LogP contribution is 2.16. The van der Waals surface area contributed by atoms with Gasteiger partial charge in [0.15, 0.2) is 0 Å². The second kappa shape index (κ2) is 14.4. The second-order valence-electron chi connectivity index (χ2n) is 8.48. The zero-order valence-electron chi connectivity index (χ0n) is 21.1. The van der Waals surface area contributed by atoms with Gasteiger partial charge in [-0.15, -0.1) is 0 Å². The minimum Gasteiger partial charge on any atom is -0.487 e. The highest BCUT2D eigenvalue weighted by molar-refractivity contribution is 5.66. The number of rotatable bonds is 14. The first-order valence-electron chi connectivity index (χ1n) is 12.2. The van der Waals surface area contributed by atoms with Gasteiger partial charge in [0, 0.05) is 31.8 Å². The monoisotopic (exact) mass is 489 g/mol. The highest BCUT2D eigenvalue weighted by atomic mass is 16.5. The molecule has 0 spiro atoms. The molecule has 0 aliphatic heterocycles. The van der Waals surface area contributed by atoms with Gasteiger partial charge in [0.1, 0.15) is 24.3 Å². The molecule has 3 aromatic rings. The third-order valence-corrected chi connectivity index (χ3v) is 5.48. The smallest absolute Gasteiger partial charge is 0.406 e. The Balaban J connectivity index is 1.31. The number of nitrogens with zero attached hydrogens (tertiary/aromatic N) is 1. The molecule has 0 radical (unpaired) electrons. The van der Waals surface area contributed by atoms with Crippen molar-refractivity contribution in [2.24, 2.45) is 0 Å². The SMILES string of the molecule is C=C(CCOC(=O)NC)NCCCCc1ccc(OCc2coc(/C=C/c3ccc(C)cc3)n2)cc1. The lowest BCUT2D eigenvalue weighted by Crippen LogP contribution is -2.21. The highest BCUT2D eigenvalue weighted by Gasteiger charge is 2.04. The van der Waals surface area contributed by atoms with Crippen molar-refractivity contribution in [1.82, 2.24) is 15.6 Å². The fraction of sp³-hybridized carbons (Fsp3) is 0.310. The van der Waals surface area contributed by atoms with E-state index in [0.29, 0.717) is 25.5 Å². The number of nitrogens with one attached hydrogen (secondary N) is 2. The van der Waals surface area contributed by atoms with Crippen LogP contribution in [0.3, 0.4) is 0 Å². The fourth-order valence-corrected chi connectivity index (χ4v) is 3.37. The number of hydrogen-bond donors (Lipinski definition) is 2. The summed E-state index contributed by atoms with van der Waals surface area (Å²) in [4.78, 5) is 15.5. The van der Waals surface area contributed by atoms with Gasteiger partial charge in [-0.2, -0.15) is 0 Å². The molecule has 0 bridgehead atoms. The van der Waals surface area contributed by atoms with E-state index < -0.39 is 6.09 Å². The fourth-order valence-electron chi connectivity index (χ4n) is 3.37. The zero-order chi connectivity index (χ0) is 25.6. The van der Waals surface area contributed by atoms with Gasteiger partial charge in [-0.25, -0.2) is 9.78 Å². The molecule has 2 N–H and O–H groups in total. The number of amides is 1. The molecule has 36 heavy (non-hydrogen) atoms. The summed E-state index contributed by atoms with van der Waals surface area (Å²) in [5.41, 5.74) is 5.22. The van der Waals surface area contributed by atoms with Crippen LogP contribution in [0.1, 0.15) is 47.5 Å². The Hall–Kier alpha value is -4.00. The van der Waals surface area contributed by atoms with Crippen molar-refractivity contribution >= 4 is 18.2 Å². The maximum atomic E-state index is 11.0. The molecule has 1 amide bonds. The Morgan fingerprint density at radius 3 is 2.61 bits per heavy atom. The summed E-state index contributed by atoms with van der Waals surface area (Å²) in [6, 6.07) is 16.4. The van der Waals surface area contributed by atoms with Crippen molar-refractivity contribution in [3.63, 3.8) is 0 Å². The van der Waals surface area contributed by atoms with Crippen LogP contribution in [0.5, 0.6) is 5.75 Å². The van der Waals surface area contributed by atoms with Gasteiger partial charge < -0.3 is 24.5 Å². The predicted octanol–water partition coefficient (Wildman–Crippen LogP) is 5.90. The number of aryl methyl sites for hydroxylation is 2. The molecule has 190 valence electrons. The van der Waals surface area contributed by atoms with Crippen LogP contribution in [0.2, 0.25) is 0 Å². The van der Waals surface area contributed by atoms with Gasteiger partial charge in [0.25, 0.3) is 0 Å². The van der Waals surface area contributed by atoms with Gasteiger partial charge in [0.2, 0.25) is 5.89 Å².